The van der Waals surface area contributed by atoms with Gasteiger partial charge in [-0.05, 0) is 29.5 Å². The average Bonchev–Trinajstić information content (AvgIpc) is 3.18. The summed E-state index contributed by atoms with van der Waals surface area (Å²) in [5, 5.41) is 4.60. The number of hydrogen-bond donors (Lipinski definition) is 1. The lowest BCUT2D eigenvalue weighted by molar-refractivity contribution is 0.102. The lowest BCUT2D eigenvalue weighted by atomic mass is 9.96. The van der Waals surface area contributed by atoms with E-state index in [2.05, 4.69) is 15.3 Å². The fraction of sp³-hybridized carbons (Fsp3) is 0.133. The smallest absolute Gasteiger partial charge is 0.268 e. The fourth-order valence-electron chi connectivity index (χ4n) is 2.45. The molecule has 0 aromatic carbocycles. The number of carbonyl (C=O) groups excluding carboxylic acids is 1. The molecule has 1 N–H and O–H groups in total. The summed E-state index contributed by atoms with van der Waals surface area (Å²) < 4.78 is 5.45. The van der Waals surface area contributed by atoms with Crippen molar-refractivity contribution in [3.63, 3.8) is 0 Å². The van der Waals surface area contributed by atoms with Gasteiger partial charge in [0.25, 0.3) is 5.91 Å². The van der Waals surface area contributed by atoms with Crippen LogP contribution < -0.4 is 5.32 Å². The maximum absolute atomic E-state index is 12.0. The molecule has 0 unspecified atom stereocenters. The number of fused-ring (bicyclic) bond motifs is 3. The van der Waals surface area contributed by atoms with E-state index in [1.165, 1.54) is 11.3 Å². The Hall–Kier alpha value is -2.47. The van der Waals surface area contributed by atoms with Crippen LogP contribution in [0.4, 0.5) is 5.95 Å². The molecular weight excluding hydrogens is 286 g/mol. The molecule has 1 aliphatic rings. The molecule has 3 heterocycles. The van der Waals surface area contributed by atoms with Crippen molar-refractivity contribution >= 4 is 23.2 Å². The van der Waals surface area contributed by atoms with Gasteiger partial charge in [0.2, 0.25) is 5.95 Å². The second-order valence-electron chi connectivity index (χ2n) is 4.76. The number of amides is 1. The highest BCUT2D eigenvalue weighted by Gasteiger charge is 2.21. The Morgan fingerprint density at radius 1 is 1.33 bits per heavy atom. The normalized spacial score (nSPS) is 12.6. The third-order valence-electron chi connectivity index (χ3n) is 3.46. The van der Waals surface area contributed by atoms with Gasteiger partial charge in [-0.1, -0.05) is 6.07 Å². The van der Waals surface area contributed by atoms with Gasteiger partial charge in [-0.3, -0.25) is 10.1 Å². The number of rotatable bonds is 2. The minimum Gasteiger partial charge on any atom is -0.469 e. The van der Waals surface area contributed by atoms with Crippen LogP contribution in [0, 0.1) is 0 Å². The van der Waals surface area contributed by atoms with E-state index < -0.39 is 0 Å². The number of carbonyl (C=O) groups is 1. The second-order valence-corrected chi connectivity index (χ2v) is 5.70. The van der Waals surface area contributed by atoms with Crippen molar-refractivity contribution in [2.24, 2.45) is 0 Å². The molecule has 1 amide bonds. The minimum atomic E-state index is -0.187. The first kappa shape index (κ1) is 12.3. The first-order chi connectivity index (χ1) is 10.3. The van der Waals surface area contributed by atoms with Gasteiger partial charge in [0.05, 0.1) is 16.8 Å². The van der Waals surface area contributed by atoms with Crippen LogP contribution in [0.3, 0.4) is 0 Å². The fourth-order valence-corrected chi connectivity index (χ4v) is 3.07. The third kappa shape index (κ3) is 2.13. The largest absolute Gasteiger partial charge is 0.469 e. The number of nitrogens with zero attached hydrogens (tertiary/aromatic N) is 2. The second kappa shape index (κ2) is 4.82. The first-order valence-corrected chi connectivity index (χ1v) is 7.47. The zero-order chi connectivity index (χ0) is 14.2. The quantitative estimate of drug-likeness (QED) is 0.789. The molecular formula is C15H11N3O2S. The van der Waals surface area contributed by atoms with Crippen LogP contribution >= 0.6 is 11.3 Å². The summed E-state index contributed by atoms with van der Waals surface area (Å²) in [6.45, 7) is 0. The van der Waals surface area contributed by atoms with Crippen molar-refractivity contribution in [1.29, 1.82) is 0 Å². The van der Waals surface area contributed by atoms with Crippen molar-refractivity contribution in [1.82, 2.24) is 9.97 Å². The SMILES string of the molecule is O=C(Nc1ncc2c(n1)-c1ccoc1CC2)c1cccs1. The predicted molar refractivity (Wildman–Crippen MR) is 79.4 cm³/mol. The molecule has 0 atom stereocenters. The van der Waals surface area contributed by atoms with Crippen molar-refractivity contribution in [3.8, 4) is 11.3 Å². The van der Waals surface area contributed by atoms with E-state index in [-0.39, 0.29) is 5.91 Å². The molecule has 1 aliphatic carbocycles. The summed E-state index contributed by atoms with van der Waals surface area (Å²) in [6.07, 6.45) is 5.17. The van der Waals surface area contributed by atoms with Gasteiger partial charge < -0.3 is 4.42 Å². The highest BCUT2D eigenvalue weighted by Crippen LogP contribution is 2.32. The molecule has 5 nitrogen and oxygen atoms in total. The van der Waals surface area contributed by atoms with Crippen LogP contribution in [0.25, 0.3) is 11.3 Å². The van der Waals surface area contributed by atoms with Crippen molar-refractivity contribution in [2.45, 2.75) is 12.8 Å². The molecule has 0 saturated heterocycles. The maximum atomic E-state index is 12.0. The Labute approximate surface area is 124 Å². The molecule has 21 heavy (non-hydrogen) atoms. The van der Waals surface area contributed by atoms with Gasteiger partial charge in [-0.2, -0.15) is 0 Å². The van der Waals surface area contributed by atoms with Crippen molar-refractivity contribution in [3.05, 3.63) is 52.2 Å². The molecule has 6 heteroatoms. The van der Waals surface area contributed by atoms with Crippen molar-refractivity contribution in [2.75, 3.05) is 5.32 Å². The van der Waals surface area contributed by atoms with Gasteiger partial charge >= 0.3 is 0 Å². The summed E-state index contributed by atoms with van der Waals surface area (Å²) in [4.78, 5) is 21.4. The van der Waals surface area contributed by atoms with Gasteiger partial charge in [0, 0.05) is 18.2 Å². The number of furan rings is 1. The van der Waals surface area contributed by atoms with E-state index in [1.54, 1.807) is 18.5 Å². The summed E-state index contributed by atoms with van der Waals surface area (Å²) in [7, 11) is 0. The number of anilines is 1. The van der Waals surface area contributed by atoms with Gasteiger partial charge in [0.1, 0.15) is 5.76 Å². The molecule has 3 aromatic rings. The molecule has 0 bridgehead atoms. The molecule has 0 saturated carbocycles. The van der Waals surface area contributed by atoms with E-state index >= 15 is 0 Å². The Balaban J connectivity index is 1.67. The summed E-state index contributed by atoms with van der Waals surface area (Å²) >= 11 is 1.39. The van der Waals surface area contributed by atoms with Crippen LogP contribution in [0.1, 0.15) is 21.0 Å². The number of hydrogen-bond acceptors (Lipinski definition) is 5. The Bertz CT molecular complexity index is 808. The topological polar surface area (TPSA) is 68.0 Å². The molecule has 0 spiro atoms. The zero-order valence-electron chi connectivity index (χ0n) is 11.0. The number of aryl methyl sites for hydroxylation is 2. The lowest BCUT2D eigenvalue weighted by Crippen LogP contribution is -2.14. The van der Waals surface area contributed by atoms with E-state index in [1.807, 2.05) is 17.5 Å². The highest BCUT2D eigenvalue weighted by atomic mass is 32.1. The molecule has 0 fully saturated rings. The van der Waals surface area contributed by atoms with Crippen LogP contribution in [0.5, 0.6) is 0 Å². The van der Waals surface area contributed by atoms with Crippen molar-refractivity contribution < 1.29 is 9.21 Å². The monoisotopic (exact) mass is 297 g/mol. The minimum absolute atomic E-state index is 0.187. The summed E-state index contributed by atoms with van der Waals surface area (Å²) in [5.41, 5.74) is 2.92. The Morgan fingerprint density at radius 3 is 3.14 bits per heavy atom. The molecule has 0 aliphatic heterocycles. The van der Waals surface area contributed by atoms with E-state index in [9.17, 15) is 4.79 Å². The van der Waals surface area contributed by atoms with Crippen LogP contribution in [0.2, 0.25) is 0 Å². The third-order valence-corrected chi connectivity index (χ3v) is 4.33. The zero-order valence-corrected chi connectivity index (χ0v) is 11.8. The summed E-state index contributed by atoms with van der Waals surface area (Å²) in [5.74, 6) is 1.08. The Morgan fingerprint density at radius 2 is 2.29 bits per heavy atom. The predicted octanol–water partition coefficient (Wildman–Crippen LogP) is 3.15. The maximum Gasteiger partial charge on any atom is 0.268 e. The standard InChI is InChI=1S/C15H11N3O2S/c19-14(12-2-1-7-21-12)18-15-16-8-9-3-4-11-10(5-6-20-11)13(9)17-15/h1-2,5-8H,3-4H2,(H,16,17,18,19). The van der Waals surface area contributed by atoms with E-state index in [0.717, 1.165) is 35.4 Å². The van der Waals surface area contributed by atoms with Gasteiger partial charge in [0.15, 0.2) is 0 Å². The lowest BCUT2D eigenvalue weighted by Gasteiger charge is -2.14. The summed E-state index contributed by atoms with van der Waals surface area (Å²) in [6, 6.07) is 5.52. The van der Waals surface area contributed by atoms with E-state index in [0.29, 0.717) is 10.8 Å². The van der Waals surface area contributed by atoms with Gasteiger partial charge in [-0.15, -0.1) is 11.3 Å². The van der Waals surface area contributed by atoms with Crippen LogP contribution in [0.15, 0.2) is 40.5 Å². The Kier molecular flexibility index (Phi) is 2.82. The number of thiophene rings is 1. The molecule has 4 rings (SSSR count). The number of aromatic nitrogens is 2. The van der Waals surface area contributed by atoms with Crippen LogP contribution in [-0.4, -0.2) is 15.9 Å². The molecule has 0 radical (unpaired) electrons. The molecule has 3 aromatic heterocycles. The number of nitrogens with one attached hydrogen (secondary N) is 1. The first-order valence-electron chi connectivity index (χ1n) is 6.59. The average molecular weight is 297 g/mol. The highest BCUT2D eigenvalue weighted by molar-refractivity contribution is 7.12. The molecule has 104 valence electrons. The van der Waals surface area contributed by atoms with Gasteiger partial charge in [-0.25, -0.2) is 9.97 Å². The van der Waals surface area contributed by atoms with E-state index in [4.69, 9.17) is 4.42 Å². The van der Waals surface area contributed by atoms with Crippen LogP contribution in [-0.2, 0) is 12.8 Å².